The molecule has 32 heavy (non-hydrogen) atoms. The molecule has 1 amide bonds. The van der Waals surface area contributed by atoms with E-state index in [2.05, 4.69) is 10.1 Å². The summed E-state index contributed by atoms with van der Waals surface area (Å²) in [5.41, 5.74) is 5.04. The Balaban J connectivity index is 1.51. The van der Waals surface area contributed by atoms with Crippen molar-refractivity contribution in [3.8, 4) is 11.3 Å². The molecule has 0 radical (unpaired) electrons. The molecule has 0 atom stereocenters. The largest absolute Gasteiger partial charge is 0.331 e. The van der Waals surface area contributed by atoms with Gasteiger partial charge in [0, 0.05) is 30.9 Å². The molecule has 0 saturated heterocycles. The van der Waals surface area contributed by atoms with Crippen molar-refractivity contribution >= 4 is 11.6 Å². The smallest absolute Gasteiger partial charge is 0.273 e. The van der Waals surface area contributed by atoms with Gasteiger partial charge in [-0.2, -0.15) is 5.10 Å². The van der Waals surface area contributed by atoms with Crippen molar-refractivity contribution in [2.75, 3.05) is 6.54 Å². The molecular weight excluding hydrogens is 419 g/mol. The van der Waals surface area contributed by atoms with Crippen molar-refractivity contribution in [3.05, 3.63) is 76.1 Å². The van der Waals surface area contributed by atoms with Gasteiger partial charge in [-0.05, 0) is 44.0 Å². The third kappa shape index (κ3) is 3.07. The molecular formula is C23H20F3N5O. The van der Waals surface area contributed by atoms with E-state index in [1.54, 1.807) is 23.3 Å². The fourth-order valence-corrected chi connectivity index (χ4v) is 4.42. The number of imidazole rings is 1. The molecule has 0 aliphatic carbocycles. The molecule has 4 heterocycles. The zero-order valence-electron chi connectivity index (χ0n) is 17.8. The molecule has 5 rings (SSSR count). The second-order valence-corrected chi connectivity index (χ2v) is 8.11. The Morgan fingerprint density at radius 1 is 1.09 bits per heavy atom. The summed E-state index contributed by atoms with van der Waals surface area (Å²) in [6.45, 7) is 4.43. The second kappa shape index (κ2) is 7.22. The Morgan fingerprint density at radius 2 is 1.81 bits per heavy atom. The van der Waals surface area contributed by atoms with E-state index in [0.29, 0.717) is 41.4 Å². The van der Waals surface area contributed by atoms with E-state index >= 15 is 0 Å². The highest BCUT2D eigenvalue weighted by atomic mass is 19.2. The fraction of sp³-hybridized carbons (Fsp3) is 0.261. The number of amides is 1. The Morgan fingerprint density at radius 3 is 2.53 bits per heavy atom. The summed E-state index contributed by atoms with van der Waals surface area (Å²) in [5.74, 6) is -4.15. The standard InChI is InChI=1S/C23H20F3N5O/c1-12-4-5-19-27-13(2)21(31(19)10-12)23(32)30-7-6-15-18(11-30)28-29(3)22(15)14-8-16(24)20(26)17(25)9-14/h4-5,8-10H,6-7,11H2,1-3H3. The Bertz CT molecular complexity index is 1380. The van der Waals surface area contributed by atoms with Crippen LogP contribution in [0.3, 0.4) is 0 Å². The maximum absolute atomic E-state index is 13.8. The molecule has 164 valence electrons. The topological polar surface area (TPSA) is 55.4 Å². The van der Waals surface area contributed by atoms with Gasteiger partial charge < -0.3 is 4.90 Å². The summed E-state index contributed by atoms with van der Waals surface area (Å²) in [6, 6.07) is 5.76. The first kappa shape index (κ1) is 20.3. The van der Waals surface area contributed by atoms with Crippen molar-refractivity contribution in [1.82, 2.24) is 24.1 Å². The second-order valence-electron chi connectivity index (χ2n) is 8.11. The molecule has 1 aromatic carbocycles. The summed E-state index contributed by atoms with van der Waals surface area (Å²) >= 11 is 0. The van der Waals surface area contributed by atoms with Crippen LogP contribution in [0.5, 0.6) is 0 Å². The van der Waals surface area contributed by atoms with Gasteiger partial charge in [-0.3, -0.25) is 13.9 Å². The van der Waals surface area contributed by atoms with Gasteiger partial charge in [0.05, 0.1) is 23.6 Å². The van der Waals surface area contributed by atoms with Crippen LogP contribution in [-0.4, -0.2) is 36.5 Å². The van der Waals surface area contributed by atoms with Crippen LogP contribution in [0.25, 0.3) is 16.9 Å². The van der Waals surface area contributed by atoms with E-state index in [1.807, 2.05) is 25.3 Å². The first-order valence-corrected chi connectivity index (χ1v) is 10.2. The number of pyridine rings is 1. The van der Waals surface area contributed by atoms with Gasteiger partial charge >= 0.3 is 0 Å². The average Bonchev–Trinajstić information content (AvgIpc) is 3.25. The molecule has 1 aliphatic heterocycles. The molecule has 0 unspecified atom stereocenters. The van der Waals surface area contributed by atoms with Gasteiger partial charge in [0.2, 0.25) is 0 Å². The zero-order valence-corrected chi connectivity index (χ0v) is 17.8. The van der Waals surface area contributed by atoms with Gasteiger partial charge in [-0.25, -0.2) is 18.2 Å². The number of aromatic nitrogens is 4. The third-order valence-corrected chi connectivity index (χ3v) is 5.89. The predicted molar refractivity (Wildman–Crippen MR) is 112 cm³/mol. The number of carbonyl (C=O) groups excluding carboxylic acids is 1. The normalized spacial score (nSPS) is 13.6. The van der Waals surface area contributed by atoms with Crippen LogP contribution in [0.2, 0.25) is 0 Å². The molecule has 0 saturated carbocycles. The van der Waals surface area contributed by atoms with Crippen molar-refractivity contribution in [2.45, 2.75) is 26.8 Å². The van der Waals surface area contributed by atoms with E-state index in [4.69, 9.17) is 0 Å². The van der Waals surface area contributed by atoms with Crippen molar-refractivity contribution < 1.29 is 18.0 Å². The number of aryl methyl sites for hydroxylation is 3. The first-order valence-electron chi connectivity index (χ1n) is 10.2. The fourth-order valence-electron chi connectivity index (χ4n) is 4.42. The molecule has 1 aliphatic rings. The predicted octanol–water partition coefficient (Wildman–Crippen LogP) is 3.97. The lowest BCUT2D eigenvalue weighted by atomic mass is 9.99. The highest BCUT2D eigenvalue weighted by molar-refractivity contribution is 5.95. The average molecular weight is 439 g/mol. The van der Waals surface area contributed by atoms with Crippen molar-refractivity contribution in [3.63, 3.8) is 0 Å². The summed E-state index contributed by atoms with van der Waals surface area (Å²) in [5, 5.41) is 4.48. The number of fused-ring (bicyclic) bond motifs is 2. The van der Waals surface area contributed by atoms with E-state index in [1.165, 1.54) is 4.68 Å². The highest BCUT2D eigenvalue weighted by Crippen LogP contribution is 2.32. The summed E-state index contributed by atoms with van der Waals surface area (Å²) < 4.78 is 44.4. The van der Waals surface area contributed by atoms with Crippen LogP contribution in [-0.2, 0) is 20.0 Å². The van der Waals surface area contributed by atoms with Gasteiger partial charge in [-0.15, -0.1) is 0 Å². The van der Waals surface area contributed by atoms with E-state index in [-0.39, 0.29) is 18.0 Å². The summed E-state index contributed by atoms with van der Waals surface area (Å²) in [4.78, 5) is 19.6. The monoisotopic (exact) mass is 439 g/mol. The lowest BCUT2D eigenvalue weighted by Crippen LogP contribution is -2.37. The maximum Gasteiger partial charge on any atom is 0.273 e. The number of nitrogens with zero attached hydrogens (tertiary/aromatic N) is 5. The Hall–Kier alpha value is -3.62. The molecule has 0 spiro atoms. The number of halogens is 3. The minimum absolute atomic E-state index is 0.155. The van der Waals surface area contributed by atoms with Crippen LogP contribution in [0.1, 0.15) is 33.0 Å². The van der Waals surface area contributed by atoms with E-state index in [9.17, 15) is 18.0 Å². The van der Waals surface area contributed by atoms with E-state index < -0.39 is 17.5 Å². The number of hydrogen-bond acceptors (Lipinski definition) is 3. The zero-order chi connectivity index (χ0) is 22.7. The van der Waals surface area contributed by atoms with Gasteiger partial charge in [0.15, 0.2) is 17.5 Å². The maximum atomic E-state index is 13.8. The minimum atomic E-state index is -1.50. The van der Waals surface area contributed by atoms with Crippen molar-refractivity contribution in [1.29, 1.82) is 0 Å². The first-order chi connectivity index (χ1) is 15.2. The number of carbonyl (C=O) groups is 1. The van der Waals surface area contributed by atoms with Crippen LogP contribution < -0.4 is 0 Å². The minimum Gasteiger partial charge on any atom is -0.331 e. The van der Waals surface area contributed by atoms with Crippen LogP contribution >= 0.6 is 0 Å². The van der Waals surface area contributed by atoms with Crippen LogP contribution in [0.4, 0.5) is 13.2 Å². The quantitative estimate of drug-likeness (QED) is 0.444. The molecule has 4 aromatic rings. The highest BCUT2D eigenvalue weighted by Gasteiger charge is 2.30. The molecule has 9 heteroatoms. The van der Waals surface area contributed by atoms with Gasteiger partial charge in [0.25, 0.3) is 5.91 Å². The number of hydrogen-bond donors (Lipinski definition) is 0. The molecule has 0 fully saturated rings. The SMILES string of the molecule is Cc1ccc2nc(C)c(C(=O)N3CCc4c(nn(C)c4-c4cc(F)c(F)c(F)c4)C3)n2c1. The lowest BCUT2D eigenvalue weighted by Gasteiger charge is -2.26. The van der Waals surface area contributed by atoms with Gasteiger partial charge in [0.1, 0.15) is 11.3 Å². The Kier molecular flexibility index (Phi) is 4.58. The molecule has 6 nitrogen and oxygen atoms in total. The van der Waals surface area contributed by atoms with Crippen LogP contribution in [0, 0.1) is 31.3 Å². The number of benzene rings is 1. The Labute approximate surface area is 181 Å². The lowest BCUT2D eigenvalue weighted by molar-refractivity contribution is 0.0724. The third-order valence-electron chi connectivity index (χ3n) is 5.89. The molecule has 3 aromatic heterocycles. The molecule has 0 N–H and O–H groups in total. The van der Waals surface area contributed by atoms with Gasteiger partial charge in [-0.1, -0.05) is 6.07 Å². The van der Waals surface area contributed by atoms with Crippen LogP contribution in [0.15, 0.2) is 30.5 Å². The summed E-state index contributed by atoms with van der Waals surface area (Å²) in [7, 11) is 1.66. The summed E-state index contributed by atoms with van der Waals surface area (Å²) in [6.07, 6.45) is 2.34. The molecule has 0 bridgehead atoms. The van der Waals surface area contributed by atoms with E-state index in [0.717, 1.165) is 23.3 Å². The van der Waals surface area contributed by atoms with Crippen molar-refractivity contribution in [2.24, 2.45) is 7.05 Å². The number of rotatable bonds is 2.